The molecule has 1 fully saturated rings. The second-order valence-electron chi connectivity index (χ2n) is 8.09. The highest BCUT2D eigenvalue weighted by molar-refractivity contribution is 5.85. The van der Waals surface area contributed by atoms with Gasteiger partial charge in [-0.05, 0) is 51.1 Å². The van der Waals surface area contributed by atoms with E-state index in [-0.39, 0.29) is 6.09 Å². The van der Waals surface area contributed by atoms with Crippen LogP contribution in [-0.2, 0) is 4.74 Å². The molecular formula is C22H26N4O2. The Morgan fingerprint density at radius 2 is 1.68 bits per heavy atom. The molecule has 6 heteroatoms. The maximum atomic E-state index is 12.3. The molecular weight excluding hydrogens is 352 g/mol. The predicted octanol–water partition coefficient (Wildman–Crippen LogP) is 4.08. The Bertz CT molecular complexity index is 967. The Labute approximate surface area is 165 Å². The Morgan fingerprint density at radius 3 is 2.36 bits per heavy atom. The summed E-state index contributed by atoms with van der Waals surface area (Å²) in [5.74, 6) is 0. The van der Waals surface area contributed by atoms with Crippen LogP contribution in [0.1, 0.15) is 20.8 Å². The zero-order valence-corrected chi connectivity index (χ0v) is 16.6. The number of carbonyl (C=O) groups is 1. The summed E-state index contributed by atoms with van der Waals surface area (Å²) in [6.45, 7) is 8.61. The van der Waals surface area contributed by atoms with E-state index in [1.807, 2.05) is 32.9 Å². The van der Waals surface area contributed by atoms with Gasteiger partial charge < -0.3 is 19.1 Å². The van der Waals surface area contributed by atoms with Crippen LogP contribution in [0, 0.1) is 0 Å². The lowest BCUT2D eigenvalue weighted by Gasteiger charge is -2.36. The minimum absolute atomic E-state index is 0.228. The van der Waals surface area contributed by atoms with Crippen LogP contribution in [-0.4, -0.2) is 52.3 Å². The van der Waals surface area contributed by atoms with Crippen LogP contribution in [0.4, 0.5) is 10.5 Å². The molecule has 3 aromatic rings. The van der Waals surface area contributed by atoms with E-state index in [4.69, 9.17) is 4.74 Å². The average molecular weight is 378 g/mol. The quantitative estimate of drug-likeness (QED) is 0.674. The molecule has 3 heterocycles. The number of hydrogen-bond acceptors (Lipinski definition) is 4. The summed E-state index contributed by atoms with van der Waals surface area (Å²) >= 11 is 0. The summed E-state index contributed by atoms with van der Waals surface area (Å²) in [5.41, 5.74) is 2.97. The number of ether oxygens (including phenoxy) is 1. The van der Waals surface area contributed by atoms with Gasteiger partial charge in [0.2, 0.25) is 0 Å². The number of hydrogen-bond donors (Lipinski definition) is 0. The number of aromatic nitrogens is 2. The number of fused-ring (bicyclic) bond motifs is 1. The van der Waals surface area contributed by atoms with E-state index in [1.54, 1.807) is 17.3 Å². The highest BCUT2D eigenvalue weighted by Crippen LogP contribution is 2.26. The molecule has 4 rings (SSSR count). The summed E-state index contributed by atoms with van der Waals surface area (Å²) in [4.78, 5) is 20.5. The molecule has 1 aromatic carbocycles. The molecule has 146 valence electrons. The number of piperazine rings is 1. The molecule has 0 N–H and O–H groups in total. The first-order chi connectivity index (χ1) is 13.4. The van der Waals surface area contributed by atoms with Crippen molar-refractivity contribution in [1.29, 1.82) is 0 Å². The van der Waals surface area contributed by atoms with Gasteiger partial charge in [-0.25, -0.2) is 4.79 Å². The Hall–Kier alpha value is -3.02. The van der Waals surface area contributed by atoms with Crippen LogP contribution in [0.15, 0.2) is 55.0 Å². The van der Waals surface area contributed by atoms with Crippen molar-refractivity contribution in [2.75, 3.05) is 31.1 Å². The van der Waals surface area contributed by atoms with Gasteiger partial charge in [0.15, 0.2) is 0 Å². The molecule has 6 nitrogen and oxygen atoms in total. The van der Waals surface area contributed by atoms with Gasteiger partial charge in [-0.1, -0.05) is 6.07 Å². The minimum Gasteiger partial charge on any atom is -0.444 e. The van der Waals surface area contributed by atoms with E-state index < -0.39 is 5.60 Å². The smallest absolute Gasteiger partial charge is 0.410 e. The van der Waals surface area contributed by atoms with Crippen molar-refractivity contribution in [3.05, 3.63) is 55.0 Å². The van der Waals surface area contributed by atoms with E-state index in [1.165, 1.54) is 16.6 Å². The van der Waals surface area contributed by atoms with E-state index in [9.17, 15) is 4.79 Å². The maximum Gasteiger partial charge on any atom is 0.410 e. The average Bonchev–Trinajstić information content (AvgIpc) is 3.11. The van der Waals surface area contributed by atoms with Crippen molar-refractivity contribution in [3.63, 3.8) is 0 Å². The zero-order chi connectivity index (χ0) is 19.7. The highest BCUT2D eigenvalue weighted by atomic mass is 16.6. The molecule has 1 aliphatic rings. The highest BCUT2D eigenvalue weighted by Gasteiger charge is 2.26. The van der Waals surface area contributed by atoms with Crippen molar-refractivity contribution in [2.24, 2.45) is 0 Å². The summed E-state index contributed by atoms with van der Waals surface area (Å²) in [7, 11) is 0. The standard InChI is InChI=1S/C22H26N4O2/c1-22(2,3)28-21(27)25-14-12-24(13-15-25)19-5-4-17-8-11-26(20(17)16-19)18-6-9-23-10-7-18/h4-11,16H,12-15H2,1-3H3. The summed E-state index contributed by atoms with van der Waals surface area (Å²) in [5, 5.41) is 1.20. The van der Waals surface area contributed by atoms with E-state index in [0.717, 1.165) is 18.8 Å². The lowest BCUT2D eigenvalue weighted by molar-refractivity contribution is 0.0240. The molecule has 1 aliphatic heterocycles. The molecule has 2 aromatic heterocycles. The summed E-state index contributed by atoms with van der Waals surface area (Å²) in [6, 6.07) is 12.7. The molecule has 28 heavy (non-hydrogen) atoms. The first-order valence-corrected chi connectivity index (χ1v) is 9.65. The second-order valence-corrected chi connectivity index (χ2v) is 8.09. The van der Waals surface area contributed by atoms with Gasteiger partial charge in [-0.2, -0.15) is 0 Å². The fourth-order valence-corrected chi connectivity index (χ4v) is 3.52. The van der Waals surface area contributed by atoms with Crippen molar-refractivity contribution in [3.8, 4) is 5.69 Å². The number of amides is 1. The largest absolute Gasteiger partial charge is 0.444 e. The van der Waals surface area contributed by atoms with Gasteiger partial charge in [-0.15, -0.1) is 0 Å². The van der Waals surface area contributed by atoms with Crippen molar-refractivity contribution in [1.82, 2.24) is 14.5 Å². The predicted molar refractivity (Wildman–Crippen MR) is 111 cm³/mol. The van der Waals surface area contributed by atoms with Crippen LogP contribution in [0.5, 0.6) is 0 Å². The molecule has 0 spiro atoms. The number of pyridine rings is 1. The van der Waals surface area contributed by atoms with Crippen LogP contribution in [0.2, 0.25) is 0 Å². The Morgan fingerprint density at radius 1 is 0.964 bits per heavy atom. The lowest BCUT2D eigenvalue weighted by Crippen LogP contribution is -2.50. The first kappa shape index (κ1) is 18.3. The van der Waals surface area contributed by atoms with E-state index in [0.29, 0.717) is 13.1 Å². The van der Waals surface area contributed by atoms with Crippen molar-refractivity contribution >= 4 is 22.7 Å². The van der Waals surface area contributed by atoms with Gasteiger partial charge in [0.25, 0.3) is 0 Å². The number of benzene rings is 1. The maximum absolute atomic E-state index is 12.3. The third-order valence-corrected chi connectivity index (χ3v) is 4.91. The van der Waals surface area contributed by atoms with Gasteiger partial charge in [0, 0.05) is 61.5 Å². The molecule has 0 bridgehead atoms. The minimum atomic E-state index is -0.461. The number of carbonyl (C=O) groups excluding carboxylic acids is 1. The zero-order valence-electron chi connectivity index (χ0n) is 16.6. The SMILES string of the molecule is CC(C)(C)OC(=O)N1CCN(c2ccc3ccn(-c4ccncc4)c3c2)CC1. The normalized spacial score (nSPS) is 15.1. The number of rotatable bonds is 2. The van der Waals surface area contributed by atoms with Crippen LogP contribution < -0.4 is 4.90 Å². The third-order valence-electron chi connectivity index (χ3n) is 4.91. The van der Waals surface area contributed by atoms with Gasteiger partial charge in [0.05, 0.1) is 5.52 Å². The molecule has 0 aliphatic carbocycles. The monoisotopic (exact) mass is 378 g/mol. The molecule has 0 unspecified atom stereocenters. The Kier molecular flexibility index (Phi) is 4.71. The van der Waals surface area contributed by atoms with Gasteiger partial charge >= 0.3 is 6.09 Å². The van der Waals surface area contributed by atoms with E-state index >= 15 is 0 Å². The molecule has 0 saturated carbocycles. The fourth-order valence-electron chi connectivity index (χ4n) is 3.52. The van der Waals surface area contributed by atoms with E-state index in [2.05, 4.69) is 44.9 Å². The van der Waals surface area contributed by atoms with Crippen molar-refractivity contribution < 1.29 is 9.53 Å². The van der Waals surface area contributed by atoms with Crippen LogP contribution in [0.25, 0.3) is 16.6 Å². The number of anilines is 1. The molecule has 1 saturated heterocycles. The Balaban J connectivity index is 1.51. The van der Waals surface area contributed by atoms with Gasteiger partial charge in [0.1, 0.15) is 5.60 Å². The van der Waals surface area contributed by atoms with Crippen LogP contribution >= 0.6 is 0 Å². The first-order valence-electron chi connectivity index (χ1n) is 9.65. The molecule has 0 radical (unpaired) electrons. The molecule has 1 amide bonds. The number of nitrogens with zero attached hydrogens (tertiary/aromatic N) is 4. The second kappa shape index (κ2) is 7.19. The third kappa shape index (κ3) is 3.81. The van der Waals surface area contributed by atoms with Crippen LogP contribution in [0.3, 0.4) is 0 Å². The molecule has 0 atom stereocenters. The van der Waals surface area contributed by atoms with Gasteiger partial charge in [-0.3, -0.25) is 4.98 Å². The summed E-state index contributed by atoms with van der Waals surface area (Å²) in [6.07, 6.45) is 5.47. The fraction of sp³-hybridized carbons (Fsp3) is 0.364. The summed E-state index contributed by atoms with van der Waals surface area (Å²) < 4.78 is 7.67. The van der Waals surface area contributed by atoms with Crippen molar-refractivity contribution in [2.45, 2.75) is 26.4 Å². The lowest BCUT2D eigenvalue weighted by atomic mass is 10.2. The topological polar surface area (TPSA) is 50.6 Å².